The van der Waals surface area contributed by atoms with E-state index in [0.29, 0.717) is 0 Å². The maximum atomic E-state index is 11.8. The summed E-state index contributed by atoms with van der Waals surface area (Å²) in [5, 5.41) is 3.23. The van der Waals surface area contributed by atoms with Gasteiger partial charge in [0.05, 0.1) is 6.61 Å². The van der Waals surface area contributed by atoms with Crippen molar-refractivity contribution in [2.24, 2.45) is 0 Å². The van der Waals surface area contributed by atoms with Crippen LogP contribution >= 0.6 is 0 Å². The molecule has 1 N–H and O–H groups in total. The van der Waals surface area contributed by atoms with Gasteiger partial charge < -0.3 is 9.88 Å². The normalized spacial score (nSPS) is 13.9. The second-order valence-electron chi connectivity index (χ2n) is 3.76. The predicted octanol–water partition coefficient (Wildman–Crippen LogP) is 2.70. The quantitative estimate of drug-likeness (QED) is 0.840. The summed E-state index contributed by atoms with van der Waals surface area (Å²) in [6, 6.07) is 2.09. The molecule has 6 heteroatoms. The number of ether oxygens (including phenoxy) is 1. The Balaban J connectivity index is 2.40. The van der Waals surface area contributed by atoms with Crippen molar-refractivity contribution < 1.29 is 17.9 Å². The molecule has 98 valence electrons. The van der Waals surface area contributed by atoms with Gasteiger partial charge in [-0.2, -0.15) is 0 Å². The van der Waals surface area contributed by atoms with E-state index in [1.54, 1.807) is 10.8 Å². The molecule has 0 bridgehead atoms. The molecule has 0 fully saturated rings. The van der Waals surface area contributed by atoms with Gasteiger partial charge in [-0.25, -0.2) is 0 Å². The van der Waals surface area contributed by atoms with Crippen molar-refractivity contribution >= 4 is 0 Å². The Morgan fingerprint density at radius 1 is 1.47 bits per heavy atom. The summed E-state index contributed by atoms with van der Waals surface area (Å²) in [7, 11) is 0. The molecular weight excluding hydrogens is 233 g/mol. The van der Waals surface area contributed by atoms with Crippen LogP contribution in [-0.4, -0.2) is 24.1 Å². The molecule has 3 nitrogen and oxygen atoms in total. The molecule has 1 unspecified atom stereocenters. The Hall–Kier alpha value is -1.01. The van der Waals surface area contributed by atoms with Crippen LogP contribution in [0.4, 0.5) is 13.2 Å². The summed E-state index contributed by atoms with van der Waals surface area (Å²) >= 11 is 0. The van der Waals surface area contributed by atoms with Crippen molar-refractivity contribution in [3.05, 3.63) is 24.0 Å². The van der Waals surface area contributed by atoms with E-state index in [-0.39, 0.29) is 19.2 Å². The molecule has 17 heavy (non-hydrogen) atoms. The average molecular weight is 250 g/mol. The van der Waals surface area contributed by atoms with E-state index in [2.05, 4.69) is 10.1 Å². The maximum Gasteiger partial charge on any atom is 0.522 e. The minimum atomic E-state index is -4.55. The molecule has 0 aliphatic carbocycles. The highest BCUT2D eigenvalue weighted by atomic mass is 19.4. The molecule has 0 aromatic carbocycles. The molecule has 1 rings (SSSR count). The molecule has 0 amide bonds. The largest absolute Gasteiger partial charge is 0.522 e. The Morgan fingerprint density at radius 2 is 2.18 bits per heavy atom. The second-order valence-corrected chi connectivity index (χ2v) is 3.76. The average Bonchev–Trinajstić information content (AvgIpc) is 2.65. The molecule has 0 spiro atoms. The fraction of sp³-hybridized carbons (Fsp3) is 0.636. The number of alkyl halides is 3. The van der Waals surface area contributed by atoms with Crippen LogP contribution in [0.1, 0.15) is 25.5 Å². The topological polar surface area (TPSA) is 26.2 Å². The fourth-order valence-corrected chi connectivity index (χ4v) is 1.55. The van der Waals surface area contributed by atoms with Crippen molar-refractivity contribution in [1.29, 1.82) is 0 Å². The summed E-state index contributed by atoms with van der Waals surface area (Å²) in [6.07, 6.45) is -0.969. The van der Waals surface area contributed by atoms with E-state index in [4.69, 9.17) is 0 Å². The first-order valence-corrected chi connectivity index (χ1v) is 5.52. The maximum absolute atomic E-state index is 11.8. The molecule has 0 saturated carbocycles. The summed E-state index contributed by atoms with van der Waals surface area (Å²) in [5.41, 5.74) is 1.05. The standard InChI is InChI=1S/C11H17F3N2O/c1-3-15-9(2)10-4-5-16(8-10)6-7-17-11(12,13)14/h4-5,8-9,15H,3,6-7H2,1-2H3. The van der Waals surface area contributed by atoms with E-state index < -0.39 is 6.36 Å². The van der Waals surface area contributed by atoms with E-state index >= 15 is 0 Å². The monoisotopic (exact) mass is 250 g/mol. The second kappa shape index (κ2) is 6.07. The molecule has 1 aromatic heterocycles. The highest BCUT2D eigenvalue weighted by molar-refractivity contribution is 5.14. The number of nitrogens with one attached hydrogen (secondary N) is 1. The van der Waals surface area contributed by atoms with Crippen LogP contribution < -0.4 is 5.32 Å². The van der Waals surface area contributed by atoms with Crippen molar-refractivity contribution in [2.75, 3.05) is 13.2 Å². The third-order valence-corrected chi connectivity index (χ3v) is 2.40. The van der Waals surface area contributed by atoms with E-state index in [9.17, 15) is 13.2 Å². The smallest absolute Gasteiger partial charge is 0.352 e. The van der Waals surface area contributed by atoms with Gasteiger partial charge in [0.15, 0.2) is 0 Å². The van der Waals surface area contributed by atoms with Gasteiger partial charge in [-0.3, -0.25) is 4.74 Å². The van der Waals surface area contributed by atoms with Crippen molar-refractivity contribution in [1.82, 2.24) is 9.88 Å². The van der Waals surface area contributed by atoms with Crippen LogP contribution in [0.25, 0.3) is 0 Å². The van der Waals surface area contributed by atoms with Crippen molar-refractivity contribution in [3.8, 4) is 0 Å². The Kier molecular flexibility index (Phi) is 5.02. The van der Waals surface area contributed by atoms with Crippen LogP contribution in [-0.2, 0) is 11.3 Å². The van der Waals surface area contributed by atoms with Crippen LogP contribution in [0.3, 0.4) is 0 Å². The minimum absolute atomic E-state index is 0.193. The van der Waals surface area contributed by atoms with E-state index in [1.807, 2.05) is 26.1 Å². The Labute approximate surface area is 98.6 Å². The third kappa shape index (κ3) is 5.23. The summed E-state index contributed by atoms with van der Waals surface area (Å²) in [5.74, 6) is 0. The lowest BCUT2D eigenvalue weighted by Gasteiger charge is -2.10. The molecule has 1 heterocycles. The molecule has 0 aliphatic rings. The number of rotatable bonds is 6. The SMILES string of the molecule is CCNC(C)c1ccn(CCOC(F)(F)F)c1. The molecule has 1 aromatic rings. The molecule has 0 radical (unpaired) electrons. The van der Waals surface area contributed by atoms with Gasteiger partial charge in [0.2, 0.25) is 0 Å². The third-order valence-electron chi connectivity index (χ3n) is 2.40. The number of hydrogen-bond donors (Lipinski definition) is 1. The first-order valence-electron chi connectivity index (χ1n) is 5.52. The lowest BCUT2D eigenvalue weighted by molar-refractivity contribution is -0.325. The van der Waals surface area contributed by atoms with Gasteiger partial charge in [0.1, 0.15) is 0 Å². The molecule has 0 saturated heterocycles. The van der Waals surface area contributed by atoms with Gasteiger partial charge in [-0.1, -0.05) is 6.92 Å². The Bertz CT molecular complexity index is 336. The van der Waals surface area contributed by atoms with Crippen LogP contribution in [0, 0.1) is 0 Å². The van der Waals surface area contributed by atoms with Gasteiger partial charge in [-0.05, 0) is 25.1 Å². The van der Waals surface area contributed by atoms with Gasteiger partial charge in [-0.15, -0.1) is 13.2 Å². The molecule has 0 aliphatic heterocycles. The van der Waals surface area contributed by atoms with Gasteiger partial charge >= 0.3 is 6.36 Å². The molecular formula is C11H17F3N2O. The van der Waals surface area contributed by atoms with Crippen molar-refractivity contribution in [3.63, 3.8) is 0 Å². The minimum Gasteiger partial charge on any atom is -0.352 e. The number of halogens is 3. The van der Waals surface area contributed by atoms with Crippen molar-refractivity contribution in [2.45, 2.75) is 32.8 Å². The summed E-state index contributed by atoms with van der Waals surface area (Å²) < 4.78 is 40.7. The zero-order valence-corrected chi connectivity index (χ0v) is 9.92. The number of nitrogens with zero attached hydrogens (tertiary/aromatic N) is 1. The fourth-order valence-electron chi connectivity index (χ4n) is 1.55. The number of hydrogen-bond acceptors (Lipinski definition) is 2. The van der Waals surface area contributed by atoms with E-state index in [0.717, 1.165) is 12.1 Å². The van der Waals surface area contributed by atoms with Gasteiger partial charge in [0, 0.05) is 25.0 Å². The lowest BCUT2D eigenvalue weighted by atomic mass is 10.2. The Morgan fingerprint density at radius 3 is 2.76 bits per heavy atom. The first-order chi connectivity index (χ1) is 7.92. The first kappa shape index (κ1) is 14.1. The van der Waals surface area contributed by atoms with Crippen LogP contribution in [0.5, 0.6) is 0 Å². The van der Waals surface area contributed by atoms with E-state index in [1.165, 1.54) is 0 Å². The van der Waals surface area contributed by atoms with Gasteiger partial charge in [0.25, 0.3) is 0 Å². The highest BCUT2D eigenvalue weighted by Crippen LogP contribution is 2.16. The summed E-state index contributed by atoms with van der Waals surface area (Å²) in [6.45, 7) is 4.69. The molecule has 1 atom stereocenters. The summed E-state index contributed by atoms with van der Waals surface area (Å²) in [4.78, 5) is 0. The van der Waals surface area contributed by atoms with Crippen LogP contribution in [0.2, 0.25) is 0 Å². The highest BCUT2D eigenvalue weighted by Gasteiger charge is 2.28. The van der Waals surface area contributed by atoms with Crippen LogP contribution in [0.15, 0.2) is 18.5 Å². The zero-order chi connectivity index (χ0) is 12.9. The predicted molar refractivity (Wildman–Crippen MR) is 58.5 cm³/mol. The number of aromatic nitrogens is 1. The lowest BCUT2D eigenvalue weighted by Crippen LogP contribution is -2.18. The zero-order valence-electron chi connectivity index (χ0n) is 9.92.